The molecule has 1 aromatic carbocycles. The number of hydrogen-bond acceptors (Lipinski definition) is 5. The van der Waals surface area contributed by atoms with Gasteiger partial charge in [-0.3, -0.25) is 0 Å². The lowest BCUT2D eigenvalue weighted by atomic mass is 10.1. The van der Waals surface area contributed by atoms with Crippen molar-refractivity contribution in [2.75, 3.05) is 20.3 Å². The van der Waals surface area contributed by atoms with Crippen LogP contribution in [0.3, 0.4) is 0 Å². The van der Waals surface area contributed by atoms with Gasteiger partial charge in [-0.1, -0.05) is 17.7 Å². The van der Waals surface area contributed by atoms with Crippen molar-refractivity contribution >= 4 is 22.9 Å². The molecule has 0 aliphatic heterocycles. The third kappa shape index (κ3) is 4.61. The quantitative estimate of drug-likeness (QED) is 0.769. The molecule has 4 nitrogen and oxygen atoms in total. The zero-order valence-corrected chi connectivity index (χ0v) is 14.2. The molecule has 0 radical (unpaired) electrons. The zero-order chi connectivity index (χ0) is 15.9. The van der Waals surface area contributed by atoms with Crippen molar-refractivity contribution < 1.29 is 14.6 Å². The number of aliphatic hydroxyl groups is 1. The maximum atomic E-state index is 8.83. The van der Waals surface area contributed by atoms with Gasteiger partial charge in [-0.25, -0.2) is 0 Å². The lowest BCUT2D eigenvalue weighted by molar-refractivity contribution is 0.196. The topological polar surface area (TPSA) is 50.7 Å². The van der Waals surface area contributed by atoms with Crippen molar-refractivity contribution in [3.8, 4) is 11.5 Å². The van der Waals surface area contributed by atoms with E-state index >= 15 is 0 Å². The molecule has 22 heavy (non-hydrogen) atoms. The summed E-state index contributed by atoms with van der Waals surface area (Å²) >= 11 is 7.51. The van der Waals surface area contributed by atoms with Gasteiger partial charge in [0.2, 0.25) is 0 Å². The Morgan fingerprint density at radius 3 is 2.73 bits per heavy atom. The van der Waals surface area contributed by atoms with Crippen LogP contribution in [0, 0.1) is 0 Å². The molecule has 0 saturated heterocycles. The minimum Gasteiger partial charge on any atom is -0.493 e. The van der Waals surface area contributed by atoms with Crippen molar-refractivity contribution in [2.24, 2.45) is 0 Å². The summed E-state index contributed by atoms with van der Waals surface area (Å²) in [7, 11) is 1.61. The second-order valence-corrected chi connectivity index (χ2v) is 6.59. The van der Waals surface area contributed by atoms with Gasteiger partial charge >= 0.3 is 0 Å². The molecule has 1 atom stereocenters. The van der Waals surface area contributed by atoms with Crippen LogP contribution in [0.1, 0.15) is 23.4 Å². The normalized spacial score (nSPS) is 12.2. The molecular formula is C16H20ClNO3S. The van der Waals surface area contributed by atoms with Crippen LogP contribution in [-0.4, -0.2) is 25.4 Å². The molecule has 2 rings (SSSR count). The van der Waals surface area contributed by atoms with Crippen LogP contribution in [0.5, 0.6) is 11.5 Å². The summed E-state index contributed by atoms with van der Waals surface area (Å²) in [6.45, 7) is 3.09. The number of methoxy groups -OCH3 is 1. The smallest absolute Gasteiger partial charge is 0.161 e. The predicted molar refractivity (Wildman–Crippen MR) is 90.2 cm³/mol. The minimum absolute atomic E-state index is 0.0216. The number of rotatable bonds is 8. The molecule has 2 aromatic rings. The summed E-state index contributed by atoms with van der Waals surface area (Å²) in [5, 5.41) is 12.3. The van der Waals surface area contributed by atoms with Gasteiger partial charge in [0.25, 0.3) is 0 Å². The summed E-state index contributed by atoms with van der Waals surface area (Å²) in [5.41, 5.74) is 1.11. The fourth-order valence-corrected chi connectivity index (χ4v) is 3.09. The fraction of sp³-hybridized carbons (Fsp3) is 0.375. The fourth-order valence-electron chi connectivity index (χ4n) is 2.05. The van der Waals surface area contributed by atoms with E-state index in [-0.39, 0.29) is 19.3 Å². The van der Waals surface area contributed by atoms with E-state index in [1.165, 1.54) is 4.88 Å². The van der Waals surface area contributed by atoms with E-state index in [2.05, 4.69) is 12.2 Å². The second-order valence-electron chi connectivity index (χ2n) is 4.79. The molecule has 0 saturated carbocycles. The highest BCUT2D eigenvalue weighted by Gasteiger charge is 2.11. The highest BCUT2D eigenvalue weighted by atomic mass is 35.5. The molecule has 0 aliphatic rings. The Hall–Kier alpha value is -1.27. The molecule has 0 spiro atoms. The summed E-state index contributed by atoms with van der Waals surface area (Å²) in [6.07, 6.45) is 0. The van der Waals surface area contributed by atoms with Gasteiger partial charge in [-0.2, -0.15) is 0 Å². The Bertz CT molecular complexity index is 603. The Labute approximate surface area is 139 Å². The molecule has 1 heterocycles. The van der Waals surface area contributed by atoms with Crippen LogP contribution in [-0.2, 0) is 6.54 Å². The molecule has 1 aromatic heterocycles. The summed E-state index contributed by atoms with van der Waals surface area (Å²) in [6, 6.07) is 9.91. The number of halogens is 1. The summed E-state index contributed by atoms with van der Waals surface area (Å²) < 4.78 is 11.6. The lowest BCUT2D eigenvalue weighted by Gasteiger charge is -2.16. The highest BCUT2D eigenvalue weighted by molar-refractivity contribution is 7.16. The van der Waals surface area contributed by atoms with Gasteiger partial charge < -0.3 is 19.9 Å². The number of benzene rings is 1. The number of hydrogen-bond donors (Lipinski definition) is 2. The van der Waals surface area contributed by atoms with Gasteiger partial charge in [-0.05, 0) is 36.8 Å². The molecule has 120 valence electrons. The molecule has 1 unspecified atom stereocenters. The molecule has 0 fully saturated rings. The van der Waals surface area contributed by atoms with Gasteiger partial charge in [0.05, 0.1) is 18.1 Å². The number of thiophene rings is 1. The van der Waals surface area contributed by atoms with Gasteiger partial charge in [0.15, 0.2) is 11.5 Å². The first-order valence-corrected chi connectivity index (χ1v) is 8.22. The van der Waals surface area contributed by atoms with Gasteiger partial charge in [-0.15, -0.1) is 11.3 Å². The standard InChI is InChI=1S/C16H20ClNO3S/c1-11(18-10-13-4-6-16(17)22-13)12-3-5-14(21-8-7-19)15(9-12)20-2/h3-6,9,11,18-19H,7-8,10H2,1-2H3. The zero-order valence-electron chi connectivity index (χ0n) is 12.6. The molecule has 0 aliphatic carbocycles. The van der Waals surface area contributed by atoms with E-state index in [4.69, 9.17) is 26.2 Å². The Morgan fingerprint density at radius 2 is 2.09 bits per heavy atom. The predicted octanol–water partition coefficient (Wildman–Crippen LogP) is 3.63. The number of nitrogens with one attached hydrogen (secondary N) is 1. The van der Waals surface area contributed by atoms with E-state index in [1.54, 1.807) is 18.4 Å². The lowest BCUT2D eigenvalue weighted by Crippen LogP contribution is -2.17. The van der Waals surface area contributed by atoms with Crippen LogP contribution < -0.4 is 14.8 Å². The largest absolute Gasteiger partial charge is 0.493 e. The van der Waals surface area contributed by atoms with Gasteiger partial charge in [0, 0.05) is 17.5 Å². The SMILES string of the molecule is COc1cc(C(C)NCc2ccc(Cl)s2)ccc1OCCO. The van der Waals surface area contributed by atoms with E-state index in [0.717, 1.165) is 16.4 Å². The number of ether oxygens (including phenoxy) is 2. The molecule has 0 bridgehead atoms. The first-order chi connectivity index (χ1) is 10.6. The van der Waals surface area contributed by atoms with Crippen LogP contribution in [0.4, 0.5) is 0 Å². The summed E-state index contributed by atoms with van der Waals surface area (Å²) in [4.78, 5) is 1.20. The third-order valence-corrected chi connectivity index (χ3v) is 4.48. The van der Waals surface area contributed by atoms with E-state index < -0.39 is 0 Å². The highest BCUT2D eigenvalue weighted by Crippen LogP contribution is 2.30. The first kappa shape index (κ1) is 17.1. The average Bonchev–Trinajstić information content (AvgIpc) is 2.95. The van der Waals surface area contributed by atoms with Crippen molar-refractivity contribution in [3.63, 3.8) is 0 Å². The molecule has 0 amide bonds. The van der Waals surface area contributed by atoms with Crippen LogP contribution in [0.25, 0.3) is 0 Å². The van der Waals surface area contributed by atoms with Crippen LogP contribution in [0.15, 0.2) is 30.3 Å². The minimum atomic E-state index is -0.0216. The molecule has 2 N–H and O–H groups in total. The number of aliphatic hydroxyl groups excluding tert-OH is 1. The molecule has 6 heteroatoms. The first-order valence-electron chi connectivity index (χ1n) is 7.03. The van der Waals surface area contributed by atoms with Crippen molar-refractivity contribution in [1.82, 2.24) is 5.32 Å². The second kappa shape index (κ2) is 8.39. The van der Waals surface area contributed by atoms with E-state index in [0.29, 0.717) is 11.5 Å². The molecular weight excluding hydrogens is 322 g/mol. The summed E-state index contributed by atoms with van der Waals surface area (Å²) in [5.74, 6) is 1.30. The third-order valence-electron chi connectivity index (χ3n) is 3.25. The maximum Gasteiger partial charge on any atom is 0.161 e. The van der Waals surface area contributed by atoms with Crippen LogP contribution in [0.2, 0.25) is 4.34 Å². The Kier molecular flexibility index (Phi) is 6.51. The van der Waals surface area contributed by atoms with E-state index in [1.807, 2.05) is 30.3 Å². The maximum absolute atomic E-state index is 8.83. The Balaban J connectivity index is 2.01. The van der Waals surface area contributed by atoms with E-state index in [9.17, 15) is 0 Å². The van der Waals surface area contributed by atoms with Crippen LogP contribution >= 0.6 is 22.9 Å². The van der Waals surface area contributed by atoms with Crippen molar-refractivity contribution in [3.05, 3.63) is 45.1 Å². The average molecular weight is 342 g/mol. The monoisotopic (exact) mass is 341 g/mol. The van der Waals surface area contributed by atoms with Crippen molar-refractivity contribution in [2.45, 2.75) is 19.5 Å². The van der Waals surface area contributed by atoms with Gasteiger partial charge in [0.1, 0.15) is 6.61 Å². The van der Waals surface area contributed by atoms with Crippen molar-refractivity contribution in [1.29, 1.82) is 0 Å². The Morgan fingerprint density at radius 1 is 1.27 bits per heavy atom.